The zero-order valence-electron chi connectivity index (χ0n) is 15.0. The van der Waals surface area contributed by atoms with Crippen molar-refractivity contribution in [2.45, 2.75) is 38.4 Å². The predicted molar refractivity (Wildman–Crippen MR) is 107 cm³/mol. The summed E-state index contributed by atoms with van der Waals surface area (Å²) in [4.78, 5) is 30.3. The van der Waals surface area contributed by atoms with Crippen LogP contribution in [0.2, 0.25) is 0 Å². The number of anilines is 1. The summed E-state index contributed by atoms with van der Waals surface area (Å²) in [5.41, 5.74) is 0.255. The summed E-state index contributed by atoms with van der Waals surface area (Å²) in [6, 6.07) is 9.88. The average Bonchev–Trinajstić information content (AvgIpc) is 3.19. The molecular weight excluding hydrogens is 412 g/mol. The molecule has 26 heavy (non-hydrogen) atoms. The summed E-state index contributed by atoms with van der Waals surface area (Å²) in [6.07, 6.45) is 1.46. The first-order valence-electron chi connectivity index (χ1n) is 8.75. The highest BCUT2D eigenvalue weighted by Gasteiger charge is 2.76. The monoisotopic (exact) mass is 432 g/mol. The molecule has 136 valence electrons. The molecule has 4 rings (SSSR count). The molecule has 1 N–H and O–H groups in total. The van der Waals surface area contributed by atoms with E-state index in [1.165, 1.54) is 11.3 Å². The second-order valence-electron chi connectivity index (χ2n) is 8.01. The lowest BCUT2D eigenvalue weighted by atomic mass is 9.64. The number of benzene rings is 1. The summed E-state index contributed by atoms with van der Waals surface area (Å²) in [6.45, 7) is 6.11. The van der Waals surface area contributed by atoms with Crippen LogP contribution >= 0.6 is 27.3 Å². The Morgan fingerprint density at radius 3 is 2.54 bits per heavy atom. The average molecular weight is 433 g/mol. The predicted octanol–water partition coefficient (Wildman–Crippen LogP) is 4.91. The number of nitrogens with zero attached hydrogens (tertiary/aromatic N) is 1. The third-order valence-electron chi connectivity index (χ3n) is 6.92. The smallest absolute Gasteiger partial charge is 0.234 e. The van der Waals surface area contributed by atoms with Crippen LogP contribution in [0.15, 0.2) is 35.7 Å². The highest BCUT2D eigenvalue weighted by molar-refractivity contribution is 9.10. The number of hydrogen-bond acceptors (Lipinski definition) is 4. The molecule has 0 saturated heterocycles. The van der Waals surface area contributed by atoms with Gasteiger partial charge in [0, 0.05) is 16.4 Å². The molecule has 2 saturated carbocycles. The summed E-state index contributed by atoms with van der Waals surface area (Å²) in [7, 11) is 0. The number of carbonyl (C=O) groups excluding carboxylic acids is 2. The Morgan fingerprint density at radius 1 is 1.23 bits per heavy atom. The lowest BCUT2D eigenvalue weighted by Crippen LogP contribution is -2.47. The zero-order valence-corrected chi connectivity index (χ0v) is 17.4. The van der Waals surface area contributed by atoms with Gasteiger partial charge >= 0.3 is 0 Å². The molecule has 1 aromatic carbocycles. The van der Waals surface area contributed by atoms with Crippen molar-refractivity contribution < 1.29 is 9.59 Å². The number of nitrogens with one attached hydrogen (secondary N) is 1. The standard InChI is InChI=1S/C20H21BrN2O2S/c1-18(2)19(3)9-10-20(18,14(21)15(19)24)16(25)23-17-22-13(11-26-17)12-7-5-4-6-8-12/h4-8,11,14H,9-10H2,1-3H3,(H,22,23,25). The van der Waals surface area contributed by atoms with Crippen LogP contribution in [0.5, 0.6) is 0 Å². The third-order valence-corrected chi connectivity index (χ3v) is 8.88. The lowest BCUT2D eigenvalue weighted by Gasteiger charge is -2.39. The minimum atomic E-state index is -0.739. The summed E-state index contributed by atoms with van der Waals surface area (Å²) >= 11 is 4.97. The molecule has 2 aromatic rings. The molecule has 6 heteroatoms. The first kappa shape index (κ1) is 17.9. The Morgan fingerprint density at radius 2 is 1.92 bits per heavy atom. The number of hydrogen-bond donors (Lipinski definition) is 1. The molecule has 1 aromatic heterocycles. The molecule has 2 aliphatic rings. The van der Waals surface area contributed by atoms with Crippen LogP contribution in [0.3, 0.4) is 0 Å². The van der Waals surface area contributed by atoms with Gasteiger partial charge in [-0.3, -0.25) is 9.59 Å². The Kier molecular flexibility index (Phi) is 3.94. The second kappa shape index (κ2) is 5.73. The first-order chi connectivity index (χ1) is 12.2. The summed E-state index contributed by atoms with van der Waals surface area (Å²) < 4.78 is 0. The van der Waals surface area contributed by atoms with Crippen LogP contribution in [-0.2, 0) is 9.59 Å². The maximum absolute atomic E-state index is 13.3. The van der Waals surface area contributed by atoms with E-state index in [2.05, 4.69) is 40.1 Å². The quantitative estimate of drug-likeness (QED) is 0.700. The molecule has 1 amide bonds. The second-order valence-corrected chi connectivity index (χ2v) is 9.79. The van der Waals surface area contributed by atoms with Crippen molar-refractivity contribution in [3.05, 3.63) is 35.7 Å². The summed E-state index contributed by atoms with van der Waals surface area (Å²) in [5, 5.41) is 5.52. The van der Waals surface area contributed by atoms with E-state index in [0.29, 0.717) is 11.6 Å². The van der Waals surface area contributed by atoms with Gasteiger partial charge in [-0.2, -0.15) is 0 Å². The van der Waals surface area contributed by atoms with Crippen LogP contribution in [0.4, 0.5) is 5.13 Å². The van der Waals surface area contributed by atoms with Gasteiger partial charge in [0.05, 0.1) is 15.9 Å². The molecule has 4 nitrogen and oxygen atoms in total. The number of alkyl halides is 1. The molecular formula is C20H21BrN2O2S. The van der Waals surface area contributed by atoms with Crippen molar-refractivity contribution in [2.24, 2.45) is 16.2 Å². The molecule has 3 unspecified atom stereocenters. The van der Waals surface area contributed by atoms with E-state index in [9.17, 15) is 9.59 Å². The highest BCUT2D eigenvalue weighted by Crippen LogP contribution is 2.72. The van der Waals surface area contributed by atoms with E-state index in [1.807, 2.05) is 42.6 Å². The largest absolute Gasteiger partial charge is 0.301 e. The third kappa shape index (κ3) is 2.09. The van der Waals surface area contributed by atoms with Crippen molar-refractivity contribution >= 4 is 44.1 Å². The van der Waals surface area contributed by atoms with Crippen LogP contribution in [0.1, 0.15) is 33.6 Å². The van der Waals surface area contributed by atoms with E-state index >= 15 is 0 Å². The van der Waals surface area contributed by atoms with Gasteiger partial charge in [0.2, 0.25) is 5.91 Å². The Bertz CT molecular complexity index is 894. The fraction of sp³-hybridized carbons (Fsp3) is 0.450. The van der Waals surface area contributed by atoms with Gasteiger partial charge in [0.1, 0.15) is 0 Å². The number of carbonyl (C=O) groups is 2. The first-order valence-corrected chi connectivity index (χ1v) is 10.5. The van der Waals surface area contributed by atoms with Gasteiger partial charge in [0.25, 0.3) is 0 Å². The molecule has 2 fully saturated rings. The number of rotatable bonds is 3. The normalized spacial score (nSPS) is 32.0. The van der Waals surface area contributed by atoms with Crippen molar-refractivity contribution in [3.8, 4) is 11.3 Å². The zero-order chi connectivity index (χ0) is 18.7. The van der Waals surface area contributed by atoms with Crippen LogP contribution < -0.4 is 5.32 Å². The number of aromatic nitrogens is 1. The SMILES string of the molecule is CC12CCC(C(=O)Nc3nc(-c4ccccc4)cs3)(C(Br)C1=O)C2(C)C. The van der Waals surface area contributed by atoms with Crippen molar-refractivity contribution in [3.63, 3.8) is 0 Å². The number of fused-ring (bicyclic) bond motifs is 2. The van der Waals surface area contributed by atoms with E-state index < -0.39 is 21.1 Å². The van der Waals surface area contributed by atoms with Crippen LogP contribution in [-0.4, -0.2) is 21.5 Å². The van der Waals surface area contributed by atoms with E-state index in [4.69, 9.17) is 0 Å². The molecule has 0 radical (unpaired) electrons. The number of amides is 1. The molecule has 3 atom stereocenters. The molecule has 1 heterocycles. The Hall–Kier alpha value is -1.53. The van der Waals surface area contributed by atoms with Crippen LogP contribution in [0, 0.1) is 16.2 Å². The minimum Gasteiger partial charge on any atom is -0.301 e. The van der Waals surface area contributed by atoms with Gasteiger partial charge in [-0.1, -0.05) is 67.0 Å². The van der Waals surface area contributed by atoms with E-state index in [-0.39, 0.29) is 11.7 Å². The maximum atomic E-state index is 13.3. The van der Waals surface area contributed by atoms with Crippen LogP contribution in [0.25, 0.3) is 11.3 Å². The van der Waals surface area contributed by atoms with E-state index in [1.54, 1.807) is 0 Å². The fourth-order valence-electron chi connectivity index (χ4n) is 4.74. The fourth-order valence-corrected chi connectivity index (χ4v) is 6.97. The summed E-state index contributed by atoms with van der Waals surface area (Å²) in [5.74, 6) is 0.0425. The van der Waals surface area contributed by atoms with E-state index in [0.717, 1.165) is 17.7 Å². The number of Topliss-reactive ketones (excluding diaryl/α,β-unsaturated/α-hetero) is 1. The molecule has 0 aliphatic heterocycles. The lowest BCUT2D eigenvalue weighted by molar-refractivity contribution is -0.130. The van der Waals surface area contributed by atoms with Gasteiger partial charge in [-0.15, -0.1) is 11.3 Å². The molecule has 0 spiro atoms. The Balaban J connectivity index is 1.63. The molecule has 2 aliphatic carbocycles. The van der Waals surface area contributed by atoms with Crippen molar-refractivity contribution in [1.29, 1.82) is 0 Å². The number of halogens is 1. The van der Waals surface area contributed by atoms with Gasteiger partial charge in [-0.25, -0.2) is 4.98 Å². The number of thiazole rings is 1. The van der Waals surface area contributed by atoms with Crippen molar-refractivity contribution in [2.75, 3.05) is 5.32 Å². The molecule has 2 bridgehead atoms. The highest BCUT2D eigenvalue weighted by atomic mass is 79.9. The Labute approximate surface area is 165 Å². The van der Waals surface area contributed by atoms with Gasteiger partial charge in [-0.05, 0) is 18.3 Å². The maximum Gasteiger partial charge on any atom is 0.234 e. The van der Waals surface area contributed by atoms with Gasteiger partial charge in [0.15, 0.2) is 10.9 Å². The minimum absolute atomic E-state index is 0.104. The van der Waals surface area contributed by atoms with Crippen molar-refractivity contribution in [1.82, 2.24) is 4.98 Å². The topological polar surface area (TPSA) is 59.1 Å². The van der Waals surface area contributed by atoms with Gasteiger partial charge < -0.3 is 5.32 Å². The number of ketones is 1.